The predicted molar refractivity (Wildman–Crippen MR) is 66.2 cm³/mol. The fourth-order valence-corrected chi connectivity index (χ4v) is 1.55. The Morgan fingerprint density at radius 2 is 2.00 bits per heavy atom. The molecule has 1 aromatic carbocycles. The van der Waals surface area contributed by atoms with Crippen LogP contribution in [0, 0.1) is 11.8 Å². The fourth-order valence-electron chi connectivity index (χ4n) is 1.30. The second-order valence-electron chi connectivity index (χ2n) is 3.43. The molecule has 1 aromatic heterocycles. The maximum atomic E-state index is 13.2. The molecule has 92 valence electrons. The Labute approximate surface area is 110 Å². The summed E-state index contributed by atoms with van der Waals surface area (Å²) in [5.41, 5.74) is 0.127. The molecule has 1 heterocycles. The Balaban J connectivity index is 2.19. The molecule has 6 heteroatoms. The van der Waals surface area contributed by atoms with Gasteiger partial charge < -0.3 is 5.32 Å². The summed E-state index contributed by atoms with van der Waals surface area (Å²) in [6, 6.07) is 7.97. The highest BCUT2D eigenvalue weighted by Crippen LogP contribution is 2.17. The molecule has 0 bridgehead atoms. The van der Waals surface area contributed by atoms with Crippen LogP contribution in [0.4, 0.5) is 14.6 Å². The average molecular weight is 313 g/mol. The number of pyridine rings is 1. The molecule has 0 aliphatic rings. The number of benzene rings is 1. The van der Waals surface area contributed by atoms with E-state index in [-0.39, 0.29) is 15.9 Å². The molecular weight excluding hydrogens is 306 g/mol. The minimum atomic E-state index is -0.699. The average Bonchev–Trinajstić information content (AvgIpc) is 2.32. The number of aromatic nitrogens is 1. The van der Waals surface area contributed by atoms with Crippen molar-refractivity contribution in [2.45, 2.75) is 0 Å². The van der Waals surface area contributed by atoms with Crippen molar-refractivity contribution >= 4 is 27.7 Å². The molecule has 3 nitrogen and oxygen atoms in total. The Bertz CT molecular complexity index is 604. The number of halogens is 3. The topological polar surface area (TPSA) is 42.0 Å². The van der Waals surface area contributed by atoms with E-state index in [0.717, 1.165) is 12.1 Å². The lowest BCUT2D eigenvalue weighted by molar-refractivity contribution is 0.102. The number of carbonyl (C=O) groups excluding carboxylic acids is 1. The molecule has 0 unspecified atom stereocenters. The normalized spacial score (nSPS) is 10.2. The summed E-state index contributed by atoms with van der Waals surface area (Å²) in [5.74, 6) is -1.73. The quantitative estimate of drug-likeness (QED) is 0.864. The van der Waals surface area contributed by atoms with Crippen molar-refractivity contribution in [2.24, 2.45) is 0 Å². The van der Waals surface area contributed by atoms with Crippen LogP contribution in [-0.2, 0) is 0 Å². The molecule has 2 rings (SSSR count). The first-order valence-corrected chi connectivity index (χ1v) is 5.74. The Kier molecular flexibility index (Phi) is 3.66. The molecule has 0 atom stereocenters. The number of carbonyl (C=O) groups is 1. The summed E-state index contributed by atoms with van der Waals surface area (Å²) >= 11 is 2.99. The van der Waals surface area contributed by atoms with E-state index < -0.39 is 17.7 Å². The zero-order chi connectivity index (χ0) is 13.1. The van der Waals surface area contributed by atoms with Crippen molar-refractivity contribution in [1.82, 2.24) is 4.98 Å². The van der Waals surface area contributed by atoms with Crippen LogP contribution in [0.2, 0.25) is 0 Å². The molecular formula is C12H7BrF2N2O. The van der Waals surface area contributed by atoms with Crippen LogP contribution in [0.15, 0.2) is 40.9 Å². The molecule has 0 fully saturated rings. The third kappa shape index (κ3) is 2.89. The van der Waals surface area contributed by atoms with Gasteiger partial charge in [-0.05, 0) is 46.3 Å². The molecule has 0 saturated carbocycles. The maximum Gasteiger partial charge on any atom is 0.256 e. The van der Waals surface area contributed by atoms with E-state index in [9.17, 15) is 13.6 Å². The van der Waals surface area contributed by atoms with Crippen LogP contribution in [0.1, 0.15) is 10.4 Å². The van der Waals surface area contributed by atoms with Crippen LogP contribution in [-0.4, -0.2) is 10.9 Å². The highest BCUT2D eigenvalue weighted by molar-refractivity contribution is 9.10. The summed E-state index contributed by atoms with van der Waals surface area (Å²) in [6.45, 7) is 0. The van der Waals surface area contributed by atoms with E-state index in [1.54, 1.807) is 0 Å². The number of anilines is 1. The number of hydrogen-bond acceptors (Lipinski definition) is 2. The van der Waals surface area contributed by atoms with Crippen molar-refractivity contribution < 1.29 is 13.6 Å². The van der Waals surface area contributed by atoms with Gasteiger partial charge in [0, 0.05) is 5.56 Å². The van der Waals surface area contributed by atoms with E-state index in [1.807, 2.05) is 0 Å². The number of nitrogens with one attached hydrogen (secondary N) is 1. The van der Waals surface area contributed by atoms with Gasteiger partial charge in [-0.15, -0.1) is 0 Å². The first kappa shape index (κ1) is 12.6. The van der Waals surface area contributed by atoms with Gasteiger partial charge in [0.2, 0.25) is 5.95 Å². The van der Waals surface area contributed by atoms with Gasteiger partial charge in [-0.2, -0.15) is 4.39 Å². The Morgan fingerprint density at radius 3 is 2.67 bits per heavy atom. The van der Waals surface area contributed by atoms with Gasteiger partial charge in [-0.1, -0.05) is 6.07 Å². The standard InChI is InChI=1S/C12H7BrF2N2O/c13-8-5-4-7(6-9(8)14)12(18)17-11-3-1-2-10(15)16-11/h1-6H,(H,16,17,18). The number of hydrogen-bond donors (Lipinski definition) is 1. The van der Waals surface area contributed by atoms with Gasteiger partial charge in [0.1, 0.15) is 11.6 Å². The molecule has 0 aliphatic heterocycles. The summed E-state index contributed by atoms with van der Waals surface area (Å²) in [7, 11) is 0. The second-order valence-corrected chi connectivity index (χ2v) is 4.28. The zero-order valence-electron chi connectivity index (χ0n) is 8.95. The molecule has 0 saturated heterocycles. The third-order valence-electron chi connectivity index (χ3n) is 2.14. The lowest BCUT2D eigenvalue weighted by Gasteiger charge is -2.04. The maximum absolute atomic E-state index is 13.2. The monoisotopic (exact) mass is 312 g/mol. The molecule has 2 aromatic rings. The van der Waals surface area contributed by atoms with Gasteiger partial charge in [0.05, 0.1) is 4.47 Å². The molecule has 0 aliphatic carbocycles. The minimum absolute atomic E-state index is 0.0725. The molecule has 0 spiro atoms. The number of nitrogens with zero attached hydrogens (tertiary/aromatic N) is 1. The number of amides is 1. The fraction of sp³-hybridized carbons (Fsp3) is 0. The van der Waals surface area contributed by atoms with Gasteiger partial charge in [0.15, 0.2) is 0 Å². The van der Waals surface area contributed by atoms with E-state index >= 15 is 0 Å². The lowest BCUT2D eigenvalue weighted by Crippen LogP contribution is -2.13. The van der Waals surface area contributed by atoms with Crippen molar-refractivity contribution in [3.05, 3.63) is 58.2 Å². The van der Waals surface area contributed by atoms with E-state index in [1.165, 1.54) is 24.3 Å². The second kappa shape index (κ2) is 5.22. The lowest BCUT2D eigenvalue weighted by atomic mass is 10.2. The highest BCUT2D eigenvalue weighted by Gasteiger charge is 2.09. The summed E-state index contributed by atoms with van der Waals surface area (Å²) in [5, 5.41) is 2.37. The van der Waals surface area contributed by atoms with Gasteiger partial charge >= 0.3 is 0 Å². The van der Waals surface area contributed by atoms with Gasteiger partial charge in [-0.3, -0.25) is 4.79 Å². The smallest absolute Gasteiger partial charge is 0.256 e. The van der Waals surface area contributed by atoms with Crippen LogP contribution in [0.3, 0.4) is 0 Å². The van der Waals surface area contributed by atoms with Crippen LogP contribution >= 0.6 is 15.9 Å². The van der Waals surface area contributed by atoms with Crippen LogP contribution < -0.4 is 5.32 Å². The third-order valence-corrected chi connectivity index (χ3v) is 2.78. The van der Waals surface area contributed by atoms with Gasteiger partial charge in [0.25, 0.3) is 5.91 Å². The number of rotatable bonds is 2. The van der Waals surface area contributed by atoms with Gasteiger partial charge in [-0.25, -0.2) is 9.37 Å². The first-order valence-electron chi connectivity index (χ1n) is 4.95. The molecule has 1 N–H and O–H groups in total. The van der Waals surface area contributed by atoms with Crippen molar-refractivity contribution in [2.75, 3.05) is 5.32 Å². The molecule has 18 heavy (non-hydrogen) atoms. The minimum Gasteiger partial charge on any atom is -0.306 e. The largest absolute Gasteiger partial charge is 0.306 e. The van der Waals surface area contributed by atoms with Crippen LogP contribution in [0.25, 0.3) is 0 Å². The summed E-state index contributed by atoms with van der Waals surface area (Å²) in [6.07, 6.45) is 0. The first-order chi connectivity index (χ1) is 8.56. The summed E-state index contributed by atoms with van der Waals surface area (Å²) in [4.78, 5) is 15.2. The zero-order valence-corrected chi connectivity index (χ0v) is 10.5. The predicted octanol–water partition coefficient (Wildman–Crippen LogP) is 3.37. The Hall–Kier alpha value is -1.82. The van der Waals surface area contributed by atoms with Crippen molar-refractivity contribution in [3.63, 3.8) is 0 Å². The Morgan fingerprint density at radius 1 is 1.22 bits per heavy atom. The van der Waals surface area contributed by atoms with Crippen molar-refractivity contribution in [1.29, 1.82) is 0 Å². The molecule has 1 amide bonds. The van der Waals surface area contributed by atoms with Crippen LogP contribution in [0.5, 0.6) is 0 Å². The van der Waals surface area contributed by atoms with E-state index in [2.05, 4.69) is 26.2 Å². The molecule has 0 radical (unpaired) electrons. The SMILES string of the molecule is O=C(Nc1cccc(F)n1)c1ccc(Br)c(F)c1. The highest BCUT2D eigenvalue weighted by atomic mass is 79.9. The van der Waals surface area contributed by atoms with E-state index in [4.69, 9.17) is 0 Å². The summed E-state index contributed by atoms with van der Waals surface area (Å²) < 4.78 is 26.3. The van der Waals surface area contributed by atoms with Crippen molar-refractivity contribution in [3.8, 4) is 0 Å². The van der Waals surface area contributed by atoms with E-state index in [0.29, 0.717) is 0 Å².